The van der Waals surface area contributed by atoms with Crippen molar-refractivity contribution in [3.63, 3.8) is 0 Å². The summed E-state index contributed by atoms with van der Waals surface area (Å²) in [7, 11) is 0. The molecule has 3 rings (SSSR count). The van der Waals surface area contributed by atoms with E-state index in [1.165, 1.54) is 37.0 Å². The van der Waals surface area contributed by atoms with Crippen LogP contribution in [0.25, 0.3) is 0 Å². The van der Waals surface area contributed by atoms with Gasteiger partial charge in [-0.15, -0.1) is 0 Å². The van der Waals surface area contributed by atoms with E-state index in [9.17, 15) is 14.4 Å². The van der Waals surface area contributed by atoms with Crippen LogP contribution in [0.15, 0.2) is 0 Å². The van der Waals surface area contributed by atoms with Crippen molar-refractivity contribution in [2.75, 3.05) is 6.54 Å². The van der Waals surface area contributed by atoms with E-state index in [0.717, 1.165) is 38.5 Å². The lowest BCUT2D eigenvalue weighted by Crippen LogP contribution is -2.39. The Bertz CT molecular complexity index is 459. The summed E-state index contributed by atoms with van der Waals surface area (Å²) in [5.41, 5.74) is 0. The van der Waals surface area contributed by atoms with Crippen LogP contribution in [-0.2, 0) is 14.4 Å². The van der Waals surface area contributed by atoms with Crippen LogP contribution in [0.4, 0.5) is 0 Å². The van der Waals surface area contributed by atoms with Crippen molar-refractivity contribution in [1.82, 2.24) is 10.2 Å². The Morgan fingerprint density at radius 3 is 1.92 bits per heavy atom. The largest absolute Gasteiger partial charge is 0.353 e. The Kier molecular flexibility index (Phi) is 5.90. The molecule has 134 valence electrons. The molecule has 0 aromatic heterocycles. The second-order valence-electron chi connectivity index (χ2n) is 7.69. The van der Waals surface area contributed by atoms with Gasteiger partial charge >= 0.3 is 0 Å². The molecule has 0 spiro atoms. The maximum atomic E-state index is 12.4. The molecule has 0 aromatic carbocycles. The molecule has 24 heavy (non-hydrogen) atoms. The van der Waals surface area contributed by atoms with Gasteiger partial charge in [-0.1, -0.05) is 44.9 Å². The normalized spacial score (nSPS) is 29.1. The van der Waals surface area contributed by atoms with Crippen molar-refractivity contribution < 1.29 is 14.4 Å². The number of likely N-dealkylation sites (tertiary alicyclic amines) is 1. The first-order valence-corrected chi connectivity index (χ1v) is 9.81. The molecule has 0 radical (unpaired) electrons. The summed E-state index contributed by atoms with van der Waals surface area (Å²) in [6, 6.07) is 0.269. The van der Waals surface area contributed by atoms with Crippen LogP contribution in [0.2, 0.25) is 0 Å². The molecule has 2 aliphatic carbocycles. The third kappa shape index (κ3) is 3.98. The molecule has 1 heterocycles. The van der Waals surface area contributed by atoms with Gasteiger partial charge < -0.3 is 5.32 Å². The van der Waals surface area contributed by atoms with Gasteiger partial charge in [0.15, 0.2) is 0 Å². The second kappa shape index (κ2) is 8.13. The lowest BCUT2D eigenvalue weighted by Gasteiger charge is -2.21. The molecule has 0 aromatic rings. The van der Waals surface area contributed by atoms with Gasteiger partial charge in [0.05, 0.1) is 11.8 Å². The quantitative estimate of drug-likeness (QED) is 0.804. The van der Waals surface area contributed by atoms with Crippen LogP contribution in [0.3, 0.4) is 0 Å². The number of rotatable bonds is 4. The van der Waals surface area contributed by atoms with Crippen LogP contribution >= 0.6 is 0 Å². The van der Waals surface area contributed by atoms with Crippen molar-refractivity contribution in [2.24, 2.45) is 11.8 Å². The highest BCUT2D eigenvalue weighted by atomic mass is 16.2. The van der Waals surface area contributed by atoms with Gasteiger partial charge in [0.25, 0.3) is 0 Å². The fourth-order valence-corrected chi connectivity index (χ4v) is 4.57. The van der Waals surface area contributed by atoms with Crippen LogP contribution in [0.5, 0.6) is 0 Å². The summed E-state index contributed by atoms with van der Waals surface area (Å²) < 4.78 is 0. The highest BCUT2D eigenvalue weighted by Gasteiger charge is 2.47. The average molecular weight is 334 g/mol. The molecule has 3 fully saturated rings. The maximum Gasteiger partial charge on any atom is 0.233 e. The number of fused-ring (bicyclic) bond motifs is 1. The minimum Gasteiger partial charge on any atom is -0.353 e. The monoisotopic (exact) mass is 334 g/mol. The van der Waals surface area contributed by atoms with Gasteiger partial charge in [-0.05, 0) is 25.7 Å². The highest BCUT2D eigenvalue weighted by molar-refractivity contribution is 6.05. The van der Waals surface area contributed by atoms with Crippen LogP contribution < -0.4 is 5.32 Å². The number of imide groups is 1. The van der Waals surface area contributed by atoms with E-state index in [0.29, 0.717) is 0 Å². The fraction of sp³-hybridized carbons (Fsp3) is 0.842. The minimum atomic E-state index is -0.111. The molecule has 0 bridgehead atoms. The molecule has 3 amide bonds. The third-order valence-electron chi connectivity index (χ3n) is 5.97. The molecule has 3 aliphatic rings. The fourth-order valence-electron chi connectivity index (χ4n) is 4.57. The van der Waals surface area contributed by atoms with E-state index >= 15 is 0 Å². The summed E-state index contributed by atoms with van der Waals surface area (Å²) in [5, 5.41) is 3.11. The number of nitrogens with one attached hydrogen (secondary N) is 1. The zero-order valence-corrected chi connectivity index (χ0v) is 14.6. The molecule has 2 atom stereocenters. The van der Waals surface area contributed by atoms with E-state index in [4.69, 9.17) is 0 Å². The van der Waals surface area contributed by atoms with Crippen molar-refractivity contribution in [1.29, 1.82) is 0 Å². The third-order valence-corrected chi connectivity index (χ3v) is 5.97. The van der Waals surface area contributed by atoms with Crippen molar-refractivity contribution in [3.8, 4) is 0 Å². The van der Waals surface area contributed by atoms with E-state index in [1.807, 2.05) is 0 Å². The number of hydrogen-bond acceptors (Lipinski definition) is 3. The Morgan fingerprint density at radius 1 is 0.833 bits per heavy atom. The lowest BCUT2D eigenvalue weighted by atomic mass is 9.81. The van der Waals surface area contributed by atoms with Crippen LogP contribution in [0.1, 0.15) is 77.0 Å². The number of nitrogens with zero attached hydrogens (tertiary/aromatic N) is 1. The first-order valence-electron chi connectivity index (χ1n) is 9.81. The molecule has 0 unspecified atom stereocenters. The van der Waals surface area contributed by atoms with Crippen LogP contribution in [-0.4, -0.2) is 35.2 Å². The van der Waals surface area contributed by atoms with E-state index in [1.54, 1.807) is 0 Å². The molecular weight excluding hydrogens is 304 g/mol. The summed E-state index contributed by atoms with van der Waals surface area (Å²) >= 11 is 0. The van der Waals surface area contributed by atoms with Gasteiger partial charge in [-0.2, -0.15) is 0 Å². The van der Waals surface area contributed by atoms with Crippen molar-refractivity contribution in [2.45, 2.75) is 83.1 Å². The summed E-state index contributed by atoms with van der Waals surface area (Å²) in [6.45, 7) is 0.253. The number of amides is 3. The summed E-state index contributed by atoms with van der Waals surface area (Å²) in [6.07, 6.45) is 12.3. The molecular formula is C19H30N2O3. The van der Waals surface area contributed by atoms with Gasteiger partial charge in [0.2, 0.25) is 17.7 Å². The first kappa shape index (κ1) is 17.4. The zero-order chi connectivity index (χ0) is 16.9. The molecule has 5 nitrogen and oxygen atoms in total. The zero-order valence-electron chi connectivity index (χ0n) is 14.6. The SMILES string of the molecule is O=C(CCN1C(=O)[C@@H]2CCCC[C@H]2C1=O)NC1CCCCCCC1. The second-order valence-corrected chi connectivity index (χ2v) is 7.69. The molecule has 1 saturated heterocycles. The smallest absolute Gasteiger partial charge is 0.233 e. The minimum absolute atomic E-state index is 0.0176. The maximum absolute atomic E-state index is 12.4. The molecule has 2 saturated carbocycles. The Balaban J connectivity index is 1.47. The molecule has 1 aliphatic heterocycles. The van der Waals surface area contributed by atoms with Crippen molar-refractivity contribution >= 4 is 17.7 Å². The van der Waals surface area contributed by atoms with Gasteiger partial charge in [0.1, 0.15) is 0 Å². The predicted molar refractivity (Wildman–Crippen MR) is 91.0 cm³/mol. The van der Waals surface area contributed by atoms with Gasteiger partial charge in [-0.3, -0.25) is 19.3 Å². The van der Waals surface area contributed by atoms with E-state index < -0.39 is 0 Å². The molecule has 5 heteroatoms. The van der Waals surface area contributed by atoms with Crippen LogP contribution in [0, 0.1) is 11.8 Å². The number of carbonyl (C=O) groups is 3. The number of carbonyl (C=O) groups excluding carboxylic acids is 3. The topological polar surface area (TPSA) is 66.5 Å². The lowest BCUT2D eigenvalue weighted by molar-refractivity contribution is -0.140. The standard InChI is InChI=1S/C19H30N2O3/c22-17(20-14-8-4-2-1-3-5-9-14)12-13-21-18(23)15-10-6-7-11-16(15)19(21)24/h14-16H,1-13H2,(H,20,22)/t15-,16-/m1/s1. The first-order chi connectivity index (χ1) is 11.7. The summed E-state index contributed by atoms with van der Waals surface area (Å²) in [5.74, 6) is -0.317. The predicted octanol–water partition coefficient (Wildman–Crippen LogP) is 2.78. The Hall–Kier alpha value is -1.39. The Morgan fingerprint density at radius 2 is 1.33 bits per heavy atom. The van der Waals surface area contributed by atoms with Crippen molar-refractivity contribution in [3.05, 3.63) is 0 Å². The summed E-state index contributed by atoms with van der Waals surface area (Å²) in [4.78, 5) is 38.4. The van der Waals surface area contributed by atoms with Gasteiger partial charge in [0, 0.05) is 19.0 Å². The van der Waals surface area contributed by atoms with E-state index in [-0.39, 0.29) is 48.6 Å². The Labute approximate surface area is 144 Å². The van der Waals surface area contributed by atoms with Gasteiger partial charge in [-0.25, -0.2) is 0 Å². The van der Waals surface area contributed by atoms with E-state index in [2.05, 4.69) is 5.32 Å². The average Bonchev–Trinajstić information content (AvgIpc) is 2.80. The highest BCUT2D eigenvalue weighted by Crippen LogP contribution is 2.37. The molecule has 1 N–H and O–H groups in total. The number of hydrogen-bond donors (Lipinski definition) is 1.